The number of carbonyl (C=O) groups is 2. The number of nitrogens with one attached hydrogen (secondary N) is 1. The van der Waals surface area contributed by atoms with Crippen molar-refractivity contribution in [3.05, 3.63) is 87.4 Å². The molecule has 0 aromatic heterocycles. The molecular weight excluding hydrogens is 609 g/mol. The van der Waals surface area contributed by atoms with E-state index in [1.807, 2.05) is 6.92 Å². The van der Waals surface area contributed by atoms with E-state index in [-0.39, 0.29) is 23.2 Å². The van der Waals surface area contributed by atoms with Crippen LogP contribution < -0.4 is 14.4 Å². The van der Waals surface area contributed by atoms with Gasteiger partial charge in [0.1, 0.15) is 18.3 Å². The number of rotatable bonds is 12. The largest absolute Gasteiger partial charge is 0.494 e. The van der Waals surface area contributed by atoms with Gasteiger partial charge in [-0.1, -0.05) is 40.9 Å². The number of benzene rings is 3. The first-order chi connectivity index (χ1) is 19.3. The molecule has 0 aliphatic rings. The number of hydrogen-bond donors (Lipinski definition) is 1. The van der Waals surface area contributed by atoms with E-state index in [4.69, 9.17) is 39.5 Å². The quantitative estimate of drug-likeness (QED) is 0.255. The SMILES string of the molecule is CCOc1ccc(N(CC(=O)N(Cc2c(Cl)cccc2Cl)[C@@H](C)C(=O)NC(C)C)S(=O)(=O)c2ccc(Cl)cc2)cc1. The Balaban J connectivity index is 2.07. The van der Waals surface area contributed by atoms with Crippen molar-refractivity contribution in [2.24, 2.45) is 0 Å². The second-order valence-electron chi connectivity index (χ2n) is 9.45. The van der Waals surface area contributed by atoms with Crippen LogP contribution in [0.25, 0.3) is 0 Å². The molecule has 0 bridgehead atoms. The molecule has 0 aliphatic carbocycles. The standard InChI is InChI=1S/C29H32Cl3N3O5S/c1-5-40-23-13-11-22(12-14-23)35(41(38,39)24-15-9-21(30)10-16-24)18-28(36)34(20(4)29(37)33-19(2)3)17-25-26(31)7-6-8-27(25)32/h6-16,19-20H,5,17-18H2,1-4H3,(H,33,37)/t20-/m0/s1. The molecule has 1 N–H and O–H groups in total. The van der Waals surface area contributed by atoms with Gasteiger partial charge >= 0.3 is 0 Å². The second-order valence-corrected chi connectivity index (χ2v) is 12.6. The van der Waals surface area contributed by atoms with Crippen LogP contribution in [-0.2, 0) is 26.2 Å². The van der Waals surface area contributed by atoms with Crippen LogP contribution in [0, 0.1) is 0 Å². The molecule has 0 saturated heterocycles. The van der Waals surface area contributed by atoms with Crippen LogP contribution in [-0.4, -0.2) is 50.4 Å². The fourth-order valence-corrected chi connectivity index (χ4v) is 6.04. The number of sulfonamides is 1. The van der Waals surface area contributed by atoms with E-state index in [0.717, 1.165) is 4.31 Å². The summed E-state index contributed by atoms with van der Waals surface area (Å²) in [6.07, 6.45) is 0. The molecule has 0 saturated carbocycles. The molecule has 8 nitrogen and oxygen atoms in total. The first-order valence-corrected chi connectivity index (χ1v) is 15.5. The summed E-state index contributed by atoms with van der Waals surface area (Å²) in [7, 11) is -4.25. The zero-order chi connectivity index (χ0) is 30.3. The van der Waals surface area contributed by atoms with E-state index in [9.17, 15) is 18.0 Å². The van der Waals surface area contributed by atoms with Gasteiger partial charge in [0.05, 0.1) is 17.2 Å². The number of ether oxygens (including phenoxy) is 1. The summed E-state index contributed by atoms with van der Waals surface area (Å²) in [6.45, 7) is 6.70. The predicted molar refractivity (Wildman–Crippen MR) is 163 cm³/mol. The maximum atomic E-state index is 14.0. The third-order valence-electron chi connectivity index (χ3n) is 6.10. The fourth-order valence-electron chi connectivity index (χ4n) is 3.98. The van der Waals surface area contributed by atoms with E-state index in [2.05, 4.69) is 5.32 Å². The van der Waals surface area contributed by atoms with Gasteiger partial charge in [-0.25, -0.2) is 8.42 Å². The molecule has 12 heteroatoms. The zero-order valence-corrected chi connectivity index (χ0v) is 26.2. The number of halogens is 3. The Labute approximate surface area is 256 Å². The Hall–Kier alpha value is -2.98. The molecule has 0 aliphatic heterocycles. The van der Waals surface area contributed by atoms with Crippen LogP contribution >= 0.6 is 34.8 Å². The van der Waals surface area contributed by atoms with E-state index in [1.165, 1.54) is 29.2 Å². The molecule has 0 unspecified atom stereocenters. The minimum atomic E-state index is -4.25. The van der Waals surface area contributed by atoms with Crippen molar-refractivity contribution >= 4 is 62.3 Å². The third-order valence-corrected chi connectivity index (χ3v) is 8.85. The van der Waals surface area contributed by atoms with Gasteiger partial charge in [0, 0.05) is 33.2 Å². The topological polar surface area (TPSA) is 96.0 Å². The Kier molecular flexibility index (Phi) is 11.3. The highest BCUT2D eigenvalue weighted by molar-refractivity contribution is 7.92. The first-order valence-electron chi connectivity index (χ1n) is 12.9. The van der Waals surface area contributed by atoms with E-state index in [1.54, 1.807) is 63.2 Å². The smallest absolute Gasteiger partial charge is 0.264 e. The number of carbonyl (C=O) groups excluding carboxylic acids is 2. The fraction of sp³-hybridized carbons (Fsp3) is 0.310. The Morgan fingerprint density at radius 2 is 1.49 bits per heavy atom. The third kappa shape index (κ3) is 8.29. The monoisotopic (exact) mass is 639 g/mol. The van der Waals surface area contributed by atoms with E-state index >= 15 is 0 Å². The maximum absolute atomic E-state index is 14.0. The van der Waals surface area contributed by atoms with E-state index < -0.39 is 34.4 Å². The highest BCUT2D eigenvalue weighted by atomic mass is 35.5. The average molecular weight is 641 g/mol. The van der Waals surface area contributed by atoms with Crippen LogP contribution in [0.1, 0.15) is 33.3 Å². The molecule has 1 atom stereocenters. The van der Waals surface area contributed by atoms with Crippen molar-refractivity contribution in [2.75, 3.05) is 17.5 Å². The van der Waals surface area contributed by atoms with Crippen LogP contribution in [0.15, 0.2) is 71.6 Å². The van der Waals surface area contributed by atoms with Gasteiger partial charge in [0.2, 0.25) is 11.8 Å². The molecule has 0 spiro atoms. The minimum absolute atomic E-state index is 0.0603. The van der Waals surface area contributed by atoms with Crippen molar-refractivity contribution in [2.45, 2.75) is 51.2 Å². The van der Waals surface area contributed by atoms with Gasteiger partial charge < -0.3 is 15.0 Å². The van der Waals surface area contributed by atoms with Crippen LogP contribution in [0.3, 0.4) is 0 Å². The molecule has 220 valence electrons. The molecule has 0 radical (unpaired) electrons. The van der Waals surface area contributed by atoms with Crippen molar-refractivity contribution in [1.29, 1.82) is 0 Å². The molecule has 0 heterocycles. The Morgan fingerprint density at radius 1 is 0.902 bits per heavy atom. The summed E-state index contributed by atoms with van der Waals surface area (Å²) < 4.78 is 34.3. The highest BCUT2D eigenvalue weighted by Crippen LogP contribution is 2.29. The molecule has 3 aromatic carbocycles. The normalized spacial score (nSPS) is 12.1. The Bertz CT molecular complexity index is 1450. The minimum Gasteiger partial charge on any atom is -0.494 e. The van der Waals surface area contributed by atoms with E-state index in [0.29, 0.717) is 33.0 Å². The van der Waals surface area contributed by atoms with Gasteiger partial charge in [-0.2, -0.15) is 0 Å². The lowest BCUT2D eigenvalue weighted by Gasteiger charge is -2.32. The highest BCUT2D eigenvalue weighted by Gasteiger charge is 2.33. The van der Waals surface area contributed by atoms with Gasteiger partial charge in [0.15, 0.2) is 0 Å². The summed E-state index contributed by atoms with van der Waals surface area (Å²) in [5.41, 5.74) is 0.660. The van der Waals surface area contributed by atoms with Crippen molar-refractivity contribution < 1.29 is 22.7 Å². The van der Waals surface area contributed by atoms with Gasteiger partial charge in [0.25, 0.3) is 10.0 Å². The molecular formula is C29H32Cl3N3O5S. The molecule has 0 fully saturated rings. The predicted octanol–water partition coefficient (Wildman–Crippen LogP) is 6.18. The van der Waals surface area contributed by atoms with Crippen LogP contribution in [0.2, 0.25) is 15.1 Å². The molecule has 3 aromatic rings. The van der Waals surface area contributed by atoms with Gasteiger partial charge in [-0.3, -0.25) is 13.9 Å². The molecule has 3 rings (SSSR count). The summed E-state index contributed by atoms with van der Waals surface area (Å²) in [6, 6.07) is 15.7. The maximum Gasteiger partial charge on any atom is 0.264 e. The first kappa shape index (κ1) is 32.5. The lowest BCUT2D eigenvalue weighted by atomic mass is 10.1. The lowest BCUT2D eigenvalue weighted by molar-refractivity contribution is -0.139. The summed E-state index contributed by atoms with van der Waals surface area (Å²) in [5.74, 6) is -0.510. The van der Waals surface area contributed by atoms with Gasteiger partial charge in [-0.05, 0) is 88.4 Å². The number of nitrogens with zero attached hydrogens (tertiary/aromatic N) is 2. The summed E-state index contributed by atoms with van der Waals surface area (Å²) in [4.78, 5) is 28.2. The van der Waals surface area contributed by atoms with Crippen LogP contribution in [0.5, 0.6) is 5.75 Å². The van der Waals surface area contributed by atoms with Crippen molar-refractivity contribution in [3.63, 3.8) is 0 Å². The van der Waals surface area contributed by atoms with Crippen LogP contribution in [0.4, 0.5) is 5.69 Å². The molecule has 2 amide bonds. The summed E-state index contributed by atoms with van der Waals surface area (Å²) >= 11 is 18.8. The lowest BCUT2D eigenvalue weighted by Crippen LogP contribution is -2.52. The Morgan fingerprint density at radius 3 is 2.02 bits per heavy atom. The number of anilines is 1. The number of amides is 2. The molecule has 41 heavy (non-hydrogen) atoms. The summed E-state index contributed by atoms with van der Waals surface area (Å²) in [5, 5.41) is 3.78. The average Bonchev–Trinajstić information content (AvgIpc) is 2.91. The van der Waals surface area contributed by atoms with Crippen molar-refractivity contribution in [1.82, 2.24) is 10.2 Å². The van der Waals surface area contributed by atoms with Gasteiger partial charge in [-0.15, -0.1) is 0 Å². The number of hydrogen-bond acceptors (Lipinski definition) is 5. The van der Waals surface area contributed by atoms with Crippen molar-refractivity contribution in [3.8, 4) is 5.75 Å². The zero-order valence-electron chi connectivity index (χ0n) is 23.1. The second kappa shape index (κ2) is 14.3.